The number of hydrogen-bond donors (Lipinski definition) is 2. The Hall–Kier alpha value is 0.0864. The van der Waals surface area contributed by atoms with Crippen LogP contribution < -0.4 is 56.5 Å². The van der Waals surface area contributed by atoms with E-state index in [9.17, 15) is 9.90 Å². The summed E-state index contributed by atoms with van der Waals surface area (Å²) in [6.07, 6.45) is -1.63. The molecule has 0 aliphatic rings. The molecule has 0 saturated carbocycles. The van der Waals surface area contributed by atoms with Crippen molar-refractivity contribution in [2.24, 2.45) is 0 Å². The van der Waals surface area contributed by atoms with E-state index in [1.165, 1.54) is 24.3 Å². The van der Waals surface area contributed by atoms with E-state index in [1.807, 2.05) is 0 Å². The molecule has 0 bridgehead atoms. The van der Waals surface area contributed by atoms with Crippen LogP contribution in [0.2, 0.25) is 0 Å². The van der Waals surface area contributed by atoms with Gasteiger partial charge in [0.1, 0.15) is 11.9 Å². The number of benzene rings is 1. The molecule has 0 amide bonds. The van der Waals surface area contributed by atoms with Crippen LogP contribution in [0.1, 0.15) is 11.7 Å². The van der Waals surface area contributed by atoms with Gasteiger partial charge in [0.25, 0.3) is 0 Å². The van der Waals surface area contributed by atoms with E-state index in [0.29, 0.717) is 0 Å². The molecule has 0 heterocycles. The van der Waals surface area contributed by atoms with Crippen molar-refractivity contribution in [3.05, 3.63) is 29.8 Å². The van der Waals surface area contributed by atoms with E-state index >= 15 is 0 Å². The third-order valence-corrected chi connectivity index (χ3v) is 1.43. The molecule has 1 atom stereocenters. The smallest absolute Gasteiger partial charge is 0.547 e. The van der Waals surface area contributed by atoms with Crippen LogP contribution in [-0.2, 0) is 4.79 Å². The van der Waals surface area contributed by atoms with Gasteiger partial charge >= 0.3 is 51.4 Å². The standard InChI is InChI=1S/C8H8O4.K/c9-6-3-1-5(2-4-6)7(10)8(11)12;/h1-4,7,9-10H,(H,11,12);/q;+1/p-1. The second-order valence-electron chi connectivity index (χ2n) is 2.31. The Labute approximate surface area is 118 Å². The Morgan fingerprint density at radius 1 is 1.31 bits per heavy atom. The van der Waals surface area contributed by atoms with Crippen molar-refractivity contribution in [2.45, 2.75) is 6.10 Å². The van der Waals surface area contributed by atoms with Gasteiger partial charge in [-0.3, -0.25) is 0 Å². The fraction of sp³-hybridized carbons (Fsp3) is 0.125. The maximum absolute atomic E-state index is 10.2. The number of rotatable bonds is 2. The van der Waals surface area contributed by atoms with Crippen LogP contribution in [0.25, 0.3) is 0 Å². The summed E-state index contributed by atoms with van der Waals surface area (Å²) in [6, 6.07) is 5.22. The molecule has 64 valence electrons. The molecule has 1 rings (SSSR count). The Bertz CT molecular complexity index is 283. The van der Waals surface area contributed by atoms with Gasteiger partial charge in [0, 0.05) is 0 Å². The molecule has 0 saturated heterocycles. The molecular formula is C8H7KO4. The van der Waals surface area contributed by atoms with Crippen LogP contribution in [0.5, 0.6) is 5.75 Å². The quantitative estimate of drug-likeness (QED) is 0.486. The molecule has 1 unspecified atom stereocenters. The fourth-order valence-electron chi connectivity index (χ4n) is 0.793. The van der Waals surface area contributed by atoms with Gasteiger partial charge in [0.2, 0.25) is 0 Å². The Morgan fingerprint density at radius 2 is 1.77 bits per heavy atom. The molecule has 13 heavy (non-hydrogen) atoms. The third-order valence-electron chi connectivity index (χ3n) is 1.43. The molecule has 2 N–H and O–H groups in total. The zero-order valence-electron chi connectivity index (χ0n) is 7.10. The van der Waals surface area contributed by atoms with Crippen LogP contribution in [-0.4, -0.2) is 16.2 Å². The predicted octanol–water partition coefficient (Wildman–Crippen LogP) is -3.82. The number of carbonyl (C=O) groups is 1. The number of aromatic hydroxyl groups is 1. The van der Waals surface area contributed by atoms with Crippen molar-refractivity contribution >= 4 is 5.97 Å². The van der Waals surface area contributed by atoms with E-state index in [2.05, 4.69) is 0 Å². The predicted molar refractivity (Wildman–Crippen MR) is 38.1 cm³/mol. The minimum absolute atomic E-state index is 0. The number of carboxylic acid groups (broad SMARTS) is 1. The summed E-state index contributed by atoms with van der Waals surface area (Å²) in [6.45, 7) is 0. The number of phenolic OH excluding ortho intramolecular Hbond substituents is 1. The van der Waals surface area contributed by atoms with Crippen molar-refractivity contribution in [1.82, 2.24) is 0 Å². The number of aliphatic hydroxyl groups excluding tert-OH is 1. The minimum atomic E-state index is -1.63. The van der Waals surface area contributed by atoms with Crippen LogP contribution in [0, 0.1) is 0 Å². The summed E-state index contributed by atoms with van der Waals surface area (Å²) < 4.78 is 0. The molecule has 5 heteroatoms. The average Bonchev–Trinajstić information content (AvgIpc) is 2.04. The fourth-order valence-corrected chi connectivity index (χ4v) is 0.793. The van der Waals surface area contributed by atoms with Gasteiger partial charge in [-0.15, -0.1) is 0 Å². The van der Waals surface area contributed by atoms with Gasteiger partial charge in [0.15, 0.2) is 0 Å². The van der Waals surface area contributed by atoms with E-state index in [0.717, 1.165) is 0 Å². The second-order valence-corrected chi connectivity index (χ2v) is 2.31. The molecule has 1 aromatic carbocycles. The van der Waals surface area contributed by atoms with Gasteiger partial charge in [-0.05, 0) is 17.7 Å². The Morgan fingerprint density at radius 3 is 2.15 bits per heavy atom. The first-order chi connectivity index (χ1) is 5.61. The Kier molecular flexibility index (Phi) is 5.78. The van der Waals surface area contributed by atoms with Gasteiger partial charge in [-0.25, -0.2) is 0 Å². The minimum Gasteiger partial charge on any atom is -0.547 e. The van der Waals surface area contributed by atoms with Crippen LogP contribution in [0.4, 0.5) is 0 Å². The van der Waals surface area contributed by atoms with Crippen molar-refractivity contribution in [1.29, 1.82) is 0 Å². The van der Waals surface area contributed by atoms with E-state index < -0.39 is 12.1 Å². The molecule has 1 aromatic rings. The van der Waals surface area contributed by atoms with Gasteiger partial charge in [-0.2, -0.15) is 0 Å². The van der Waals surface area contributed by atoms with E-state index in [1.54, 1.807) is 0 Å². The van der Waals surface area contributed by atoms with Crippen molar-refractivity contribution in [2.75, 3.05) is 0 Å². The zero-order valence-corrected chi connectivity index (χ0v) is 10.2. The summed E-state index contributed by atoms with van der Waals surface area (Å²) in [7, 11) is 0. The van der Waals surface area contributed by atoms with Crippen LogP contribution in [0.3, 0.4) is 0 Å². The molecule has 0 radical (unpaired) electrons. The second kappa shape index (κ2) is 5.74. The maximum atomic E-state index is 10.2. The zero-order chi connectivity index (χ0) is 9.14. The number of carbonyl (C=O) groups excluding carboxylic acids is 1. The Balaban J connectivity index is 0.00000144. The molecule has 0 fully saturated rings. The van der Waals surface area contributed by atoms with Crippen molar-refractivity contribution < 1.29 is 71.5 Å². The van der Waals surface area contributed by atoms with Crippen molar-refractivity contribution in [3.63, 3.8) is 0 Å². The molecular weight excluding hydrogens is 199 g/mol. The van der Waals surface area contributed by atoms with Crippen molar-refractivity contribution in [3.8, 4) is 5.75 Å². The molecule has 0 spiro atoms. The molecule has 0 aliphatic carbocycles. The summed E-state index contributed by atoms with van der Waals surface area (Å²) >= 11 is 0. The van der Waals surface area contributed by atoms with E-state index in [4.69, 9.17) is 10.2 Å². The first-order valence-corrected chi connectivity index (χ1v) is 3.29. The largest absolute Gasteiger partial charge is 1.00 e. The molecule has 0 aromatic heterocycles. The number of phenols is 1. The van der Waals surface area contributed by atoms with Gasteiger partial charge in [0.05, 0.1) is 5.97 Å². The topological polar surface area (TPSA) is 80.6 Å². The maximum Gasteiger partial charge on any atom is 1.00 e. The first kappa shape index (κ1) is 13.1. The normalized spacial score (nSPS) is 11.5. The molecule has 0 aliphatic heterocycles. The SMILES string of the molecule is O=C([O-])C(O)c1ccc(O)cc1.[K+]. The van der Waals surface area contributed by atoms with Crippen LogP contribution in [0.15, 0.2) is 24.3 Å². The average molecular weight is 206 g/mol. The van der Waals surface area contributed by atoms with E-state index in [-0.39, 0.29) is 62.7 Å². The summed E-state index contributed by atoms with van der Waals surface area (Å²) in [5, 5.41) is 27.9. The van der Waals surface area contributed by atoms with Gasteiger partial charge in [-0.1, -0.05) is 12.1 Å². The summed E-state index contributed by atoms with van der Waals surface area (Å²) in [5.74, 6) is -1.54. The molecule has 4 nitrogen and oxygen atoms in total. The first-order valence-electron chi connectivity index (χ1n) is 3.29. The monoisotopic (exact) mass is 206 g/mol. The van der Waals surface area contributed by atoms with Gasteiger partial charge < -0.3 is 20.1 Å². The summed E-state index contributed by atoms with van der Waals surface area (Å²) in [4.78, 5) is 10.2. The number of aliphatic hydroxyl groups is 1. The summed E-state index contributed by atoms with van der Waals surface area (Å²) in [5.41, 5.74) is 0.188. The van der Waals surface area contributed by atoms with Crippen LogP contribution >= 0.6 is 0 Å². The third kappa shape index (κ3) is 3.76. The number of aliphatic carboxylic acids is 1. The number of carboxylic acids is 1. The number of hydrogen-bond acceptors (Lipinski definition) is 4.